The molecule has 0 aliphatic heterocycles. The minimum Gasteiger partial charge on any atom is -0.488 e. The van der Waals surface area contributed by atoms with E-state index >= 15 is 0 Å². The Hall–Kier alpha value is -2.09. The van der Waals surface area contributed by atoms with Gasteiger partial charge in [0.2, 0.25) is 18.1 Å². The molecule has 0 aliphatic carbocycles. The molecule has 1 aromatic heterocycles. The van der Waals surface area contributed by atoms with Crippen molar-refractivity contribution in [3.63, 3.8) is 0 Å². The van der Waals surface area contributed by atoms with Crippen LogP contribution in [0, 0.1) is 22.7 Å². The highest BCUT2D eigenvalue weighted by molar-refractivity contribution is 7.13. The summed E-state index contributed by atoms with van der Waals surface area (Å²) in [6.07, 6.45) is -11.1. The second-order valence-electron chi connectivity index (χ2n) is 13.9. The van der Waals surface area contributed by atoms with Crippen LogP contribution in [-0.4, -0.2) is 41.1 Å². The molecular formula is C34H46F6O4SSi2. The van der Waals surface area contributed by atoms with E-state index in [1.54, 1.807) is 25.0 Å². The van der Waals surface area contributed by atoms with Crippen LogP contribution in [0.2, 0.25) is 26.2 Å². The Balaban J connectivity index is 2.46. The maximum atomic E-state index is 13.0. The number of aliphatic hydroxyl groups is 1. The molecule has 2 rings (SSSR count). The number of ether oxygens (including phenoxy) is 1. The van der Waals surface area contributed by atoms with Gasteiger partial charge in [-0.05, 0) is 96.4 Å². The number of hydrogen-bond acceptors (Lipinski definition) is 5. The zero-order chi connectivity index (χ0) is 36.2. The molecule has 0 amide bonds. The molecule has 0 bridgehead atoms. The van der Waals surface area contributed by atoms with Gasteiger partial charge in [0.05, 0.1) is 12.2 Å². The normalized spacial score (nSPS) is 15.1. The molecule has 0 saturated carbocycles. The van der Waals surface area contributed by atoms with Crippen molar-refractivity contribution in [2.75, 3.05) is 0 Å². The Morgan fingerprint density at radius 2 is 1.34 bits per heavy atom. The van der Waals surface area contributed by atoms with Crippen LogP contribution in [0.3, 0.4) is 0 Å². The molecule has 262 valence electrons. The van der Waals surface area contributed by atoms with Gasteiger partial charge in [-0.15, -0.1) is 11.3 Å². The second kappa shape index (κ2) is 15.6. The largest absolute Gasteiger partial charge is 0.488 e. The molecule has 2 aromatic rings. The quantitative estimate of drug-likeness (QED) is 0.143. The minimum atomic E-state index is -6.00. The summed E-state index contributed by atoms with van der Waals surface area (Å²) < 4.78 is 97.3. The zero-order valence-corrected chi connectivity index (χ0v) is 31.7. The van der Waals surface area contributed by atoms with Crippen LogP contribution in [0.1, 0.15) is 88.0 Å². The molecule has 2 radical (unpaired) electrons. The van der Waals surface area contributed by atoms with Crippen molar-refractivity contribution >= 4 is 35.0 Å². The average Bonchev–Trinajstić information content (AvgIpc) is 3.37. The van der Waals surface area contributed by atoms with E-state index in [0.29, 0.717) is 22.6 Å². The number of hydrogen-bond donors (Lipinski definition) is 1. The van der Waals surface area contributed by atoms with Crippen molar-refractivity contribution in [2.45, 2.75) is 118 Å². The molecule has 4 nitrogen and oxygen atoms in total. The lowest BCUT2D eigenvalue weighted by atomic mass is 9.77. The summed E-state index contributed by atoms with van der Waals surface area (Å²) in [5, 5.41) is 9.31. The number of allylic oxidation sites excluding steroid dienone is 2. The molecule has 1 N–H and O–H groups in total. The molecule has 0 fully saturated rings. The van der Waals surface area contributed by atoms with Gasteiger partial charge in [0.25, 0.3) is 0 Å². The summed E-state index contributed by atoms with van der Waals surface area (Å²) in [5.74, 6) is 3.39. The van der Waals surface area contributed by atoms with Crippen LogP contribution < -0.4 is 4.74 Å². The summed E-state index contributed by atoms with van der Waals surface area (Å²) in [5.41, 5.74) is -3.05. The highest BCUT2D eigenvalue weighted by atomic mass is 32.1. The van der Waals surface area contributed by atoms with Crippen LogP contribution in [-0.2, 0) is 15.5 Å². The Labute approximate surface area is 283 Å². The van der Waals surface area contributed by atoms with Crippen LogP contribution in [0.5, 0.6) is 5.75 Å². The number of benzene rings is 1. The van der Waals surface area contributed by atoms with E-state index in [2.05, 4.69) is 67.7 Å². The van der Waals surface area contributed by atoms with E-state index in [0.717, 1.165) is 28.0 Å². The van der Waals surface area contributed by atoms with Crippen LogP contribution >= 0.6 is 11.3 Å². The van der Waals surface area contributed by atoms with Crippen molar-refractivity contribution in [3.05, 3.63) is 57.3 Å². The third-order valence-electron chi connectivity index (χ3n) is 6.96. The van der Waals surface area contributed by atoms with Crippen molar-refractivity contribution < 1.29 is 45.0 Å². The third-order valence-corrected chi connectivity index (χ3v) is 9.51. The highest BCUT2D eigenvalue weighted by Crippen LogP contribution is 2.46. The van der Waals surface area contributed by atoms with Crippen molar-refractivity contribution in [3.8, 4) is 17.6 Å². The minimum absolute atomic E-state index is 0.168. The second-order valence-corrected chi connectivity index (χ2v) is 19.2. The van der Waals surface area contributed by atoms with E-state index in [1.165, 1.54) is 11.3 Å². The molecule has 2 atom stereocenters. The predicted molar refractivity (Wildman–Crippen MR) is 180 cm³/mol. The first-order valence-corrected chi connectivity index (χ1v) is 20.8. The monoisotopic (exact) mass is 720 g/mol. The van der Waals surface area contributed by atoms with Gasteiger partial charge in [-0.1, -0.05) is 60.5 Å². The highest BCUT2D eigenvalue weighted by Gasteiger charge is 2.70. The average molecular weight is 721 g/mol. The lowest BCUT2D eigenvalue weighted by Crippen LogP contribution is -2.55. The summed E-state index contributed by atoms with van der Waals surface area (Å²) in [4.78, 5) is 1.40. The SMILES string of the molecule is CCC(=CC#CC(O)(C(F)(F)F)C(F)(F)F)c1ccc(COc2ccc(C(O[Si](C)C)C(C)(C)C)c(C(O[Si](C)C)C(C)(C)C)c2)s1. The lowest BCUT2D eigenvalue weighted by molar-refractivity contribution is -0.343. The van der Waals surface area contributed by atoms with E-state index in [1.807, 2.05) is 18.2 Å². The van der Waals surface area contributed by atoms with Gasteiger partial charge in [0.1, 0.15) is 12.4 Å². The van der Waals surface area contributed by atoms with Crippen LogP contribution in [0.25, 0.3) is 5.57 Å². The predicted octanol–water partition coefficient (Wildman–Crippen LogP) is 10.7. The summed E-state index contributed by atoms with van der Waals surface area (Å²) in [7, 11) is -2.12. The Kier molecular flexibility index (Phi) is 13.7. The number of rotatable bonds is 11. The molecule has 0 spiro atoms. The van der Waals surface area contributed by atoms with E-state index in [4.69, 9.17) is 13.6 Å². The van der Waals surface area contributed by atoms with Crippen molar-refractivity contribution in [2.24, 2.45) is 10.8 Å². The van der Waals surface area contributed by atoms with Crippen molar-refractivity contribution in [1.29, 1.82) is 0 Å². The first-order valence-electron chi connectivity index (χ1n) is 15.2. The van der Waals surface area contributed by atoms with Gasteiger partial charge in [0, 0.05) is 9.75 Å². The van der Waals surface area contributed by atoms with Gasteiger partial charge in [-0.2, -0.15) is 26.3 Å². The maximum absolute atomic E-state index is 13.0. The van der Waals surface area contributed by atoms with Crippen molar-refractivity contribution in [1.82, 2.24) is 0 Å². The van der Waals surface area contributed by atoms with Gasteiger partial charge in [-0.3, -0.25) is 0 Å². The Morgan fingerprint density at radius 1 is 0.830 bits per heavy atom. The Morgan fingerprint density at radius 3 is 1.79 bits per heavy atom. The molecular weight excluding hydrogens is 675 g/mol. The first-order chi connectivity index (χ1) is 21.3. The fraction of sp³-hybridized carbons (Fsp3) is 0.588. The summed E-state index contributed by atoms with van der Waals surface area (Å²) >= 11 is 1.29. The molecule has 13 heteroatoms. The van der Waals surface area contributed by atoms with Gasteiger partial charge in [0.15, 0.2) is 0 Å². The number of halogens is 6. The molecule has 47 heavy (non-hydrogen) atoms. The third kappa shape index (κ3) is 11.0. The fourth-order valence-corrected chi connectivity index (χ4v) is 7.56. The Bertz CT molecular complexity index is 1410. The molecule has 2 unspecified atom stereocenters. The van der Waals surface area contributed by atoms with Crippen LogP contribution in [0.15, 0.2) is 36.4 Å². The first kappa shape index (κ1) is 41.1. The van der Waals surface area contributed by atoms with E-state index in [9.17, 15) is 31.4 Å². The molecule has 1 aromatic carbocycles. The zero-order valence-electron chi connectivity index (χ0n) is 28.9. The topological polar surface area (TPSA) is 47.9 Å². The van der Waals surface area contributed by atoms with Crippen LogP contribution in [0.4, 0.5) is 26.3 Å². The fourth-order valence-electron chi connectivity index (χ4n) is 4.65. The number of alkyl halides is 6. The molecule has 0 saturated heterocycles. The lowest BCUT2D eigenvalue weighted by Gasteiger charge is -2.39. The molecule has 1 heterocycles. The van der Waals surface area contributed by atoms with Gasteiger partial charge >= 0.3 is 18.0 Å². The van der Waals surface area contributed by atoms with Gasteiger partial charge < -0.3 is 18.7 Å². The molecule has 0 aliphatic rings. The maximum Gasteiger partial charge on any atom is 0.438 e. The summed E-state index contributed by atoms with van der Waals surface area (Å²) in [6.45, 7) is 23.2. The van der Waals surface area contributed by atoms with E-state index in [-0.39, 0.29) is 29.6 Å². The smallest absolute Gasteiger partial charge is 0.438 e. The van der Waals surface area contributed by atoms with E-state index < -0.39 is 36.0 Å². The summed E-state index contributed by atoms with van der Waals surface area (Å²) in [6, 6.07) is 9.47. The standard InChI is InChI=1S/C34H46F6O4SSi2/c1-12-22(14-13-19-32(41,33(35,36)37)34(38,39)40)27-18-16-24(45-27)21-42-23-15-17-25(28(30(2,3)4)43-46(8)9)26(20-23)29(31(5,6)7)44-47(10)11/h14-18,20,28-29,41H,12,21H2,1-11H3. The number of thiophene rings is 1. The van der Waals surface area contributed by atoms with Gasteiger partial charge in [-0.25, -0.2) is 0 Å².